The van der Waals surface area contributed by atoms with Crippen LogP contribution in [0.3, 0.4) is 0 Å². The number of nitrogens with zero attached hydrogens (tertiary/aromatic N) is 3. The number of urea groups is 1. The molecule has 0 fully saturated rings. The molecule has 0 aliphatic heterocycles. The standard InChI is InChI=1S/C11H17N5O/c1-11(2,3)8-7(6-12)9(15-16(8)5)14-10(17)13-4/h1-5H3,(H2,13,14,15,17). The van der Waals surface area contributed by atoms with E-state index in [1.165, 1.54) is 7.05 Å². The molecule has 1 aromatic rings. The number of anilines is 1. The fraction of sp³-hybridized carbons (Fsp3) is 0.545. The molecule has 0 saturated heterocycles. The monoisotopic (exact) mass is 235 g/mol. The third-order valence-electron chi connectivity index (χ3n) is 2.33. The van der Waals surface area contributed by atoms with E-state index in [2.05, 4.69) is 21.8 Å². The lowest BCUT2D eigenvalue weighted by molar-refractivity contribution is 0.254. The second-order valence-electron chi connectivity index (χ2n) is 4.76. The molecule has 0 radical (unpaired) electrons. The maximum atomic E-state index is 11.2. The van der Waals surface area contributed by atoms with Crippen molar-refractivity contribution in [1.82, 2.24) is 15.1 Å². The van der Waals surface area contributed by atoms with Gasteiger partial charge in [-0.05, 0) is 0 Å². The first-order valence-electron chi connectivity index (χ1n) is 5.27. The van der Waals surface area contributed by atoms with E-state index >= 15 is 0 Å². The Morgan fingerprint density at radius 3 is 2.47 bits per heavy atom. The molecule has 0 aliphatic carbocycles. The molecule has 0 saturated carbocycles. The molecule has 92 valence electrons. The third-order valence-corrected chi connectivity index (χ3v) is 2.33. The summed E-state index contributed by atoms with van der Waals surface area (Å²) >= 11 is 0. The number of aryl methyl sites for hydroxylation is 1. The molecule has 17 heavy (non-hydrogen) atoms. The number of nitriles is 1. The number of amides is 2. The zero-order chi connectivity index (χ0) is 13.2. The lowest BCUT2D eigenvalue weighted by Gasteiger charge is -2.18. The molecule has 0 atom stereocenters. The molecular formula is C11H17N5O. The van der Waals surface area contributed by atoms with E-state index < -0.39 is 0 Å². The summed E-state index contributed by atoms with van der Waals surface area (Å²) in [5.41, 5.74) is 0.991. The zero-order valence-corrected chi connectivity index (χ0v) is 10.7. The average molecular weight is 235 g/mol. The zero-order valence-electron chi connectivity index (χ0n) is 10.7. The lowest BCUT2D eigenvalue weighted by atomic mass is 9.89. The van der Waals surface area contributed by atoms with Gasteiger partial charge in [-0.2, -0.15) is 10.4 Å². The number of hydrogen-bond donors (Lipinski definition) is 2. The summed E-state index contributed by atoms with van der Waals surface area (Å²) in [7, 11) is 3.27. The van der Waals surface area contributed by atoms with Crippen LogP contribution in [-0.2, 0) is 12.5 Å². The van der Waals surface area contributed by atoms with Gasteiger partial charge < -0.3 is 5.32 Å². The molecular weight excluding hydrogens is 218 g/mol. The van der Waals surface area contributed by atoms with Crippen molar-refractivity contribution in [3.63, 3.8) is 0 Å². The van der Waals surface area contributed by atoms with Gasteiger partial charge in [-0.25, -0.2) is 4.79 Å². The number of hydrogen-bond acceptors (Lipinski definition) is 3. The summed E-state index contributed by atoms with van der Waals surface area (Å²) in [5, 5.41) is 18.3. The molecule has 0 spiro atoms. The smallest absolute Gasteiger partial charge is 0.320 e. The maximum absolute atomic E-state index is 11.2. The Morgan fingerprint density at radius 1 is 1.47 bits per heavy atom. The predicted molar refractivity (Wildman–Crippen MR) is 64.7 cm³/mol. The number of nitrogens with one attached hydrogen (secondary N) is 2. The highest BCUT2D eigenvalue weighted by Gasteiger charge is 2.26. The minimum atomic E-state index is -0.389. The van der Waals surface area contributed by atoms with Gasteiger partial charge in [0.2, 0.25) is 0 Å². The van der Waals surface area contributed by atoms with Crippen LogP contribution in [0.4, 0.5) is 10.6 Å². The normalized spacial score (nSPS) is 10.8. The van der Waals surface area contributed by atoms with Gasteiger partial charge in [-0.3, -0.25) is 10.00 Å². The molecule has 1 rings (SSSR count). The van der Waals surface area contributed by atoms with E-state index in [0.29, 0.717) is 11.4 Å². The number of carbonyl (C=O) groups is 1. The molecule has 1 aromatic heterocycles. The van der Waals surface area contributed by atoms with Crippen molar-refractivity contribution in [2.45, 2.75) is 26.2 Å². The summed E-state index contributed by atoms with van der Waals surface area (Å²) < 4.78 is 1.63. The summed E-state index contributed by atoms with van der Waals surface area (Å²) in [5.74, 6) is 0.291. The van der Waals surface area contributed by atoms with Crippen LogP contribution in [0.5, 0.6) is 0 Å². The van der Waals surface area contributed by atoms with E-state index in [4.69, 9.17) is 0 Å². The Morgan fingerprint density at radius 2 is 2.06 bits per heavy atom. The molecule has 0 bridgehead atoms. The summed E-state index contributed by atoms with van der Waals surface area (Å²) in [4.78, 5) is 11.2. The molecule has 2 N–H and O–H groups in total. The van der Waals surface area contributed by atoms with Crippen molar-refractivity contribution in [2.75, 3.05) is 12.4 Å². The maximum Gasteiger partial charge on any atom is 0.320 e. The second kappa shape index (κ2) is 4.45. The highest BCUT2D eigenvalue weighted by Crippen LogP contribution is 2.29. The van der Waals surface area contributed by atoms with Gasteiger partial charge in [0.05, 0.1) is 5.69 Å². The molecule has 0 unspecified atom stereocenters. The van der Waals surface area contributed by atoms with Crippen LogP contribution in [0, 0.1) is 11.3 Å². The second-order valence-corrected chi connectivity index (χ2v) is 4.76. The molecule has 0 aliphatic rings. The van der Waals surface area contributed by atoms with Crippen LogP contribution in [0.2, 0.25) is 0 Å². The minimum Gasteiger partial charge on any atom is -0.341 e. The highest BCUT2D eigenvalue weighted by atomic mass is 16.2. The van der Waals surface area contributed by atoms with Crippen molar-refractivity contribution in [1.29, 1.82) is 5.26 Å². The summed E-state index contributed by atoms with van der Waals surface area (Å²) in [6, 6.07) is 1.71. The molecule has 2 amide bonds. The van der Waals surface area contributed by atoms with Gasteiger partial charge in [-0.1, -0.05) is 20.8 Å². The number of aromatic nitrogens is 2. The van der Waals surface area contributed by atoms with Crippen LogP contribution in [-0.4, -0.2) is 22.9 Å². The van der Waals surface area contributed by atoms with Crippen molar-refractivity contribution in [3.8, 4) is 6.07 Å². The van der Waals surface area contributed by atoms with Crippen LogP contribution in [0.25, 0.3) is 0 Å². The van der Waals surface area contributed by atoms with E-state index in [-0.39, 0.29) is 11.4 Å². The lowest BCUT2D eigenvalue weighted by Crippen LogP contribution is -2.25. The van der Waals surface area contributed by atoms with Crippen LogP contribution >= 0.6 is 0 Å². The third kappa shape index (κ3) is 2.56. The topological polar surface area (TPSA) is 82.7 Å². The van der Waals surface area contributed by atoms with Crippen LogP contribution in [0.15, 0.2) is 0 Å². The highest BCUT2D eigenvalue weighted by molar-refractivity contribution is 5.89. The molecule has 6 heteroatoms. The fourth-order valence-electron chi connectivity index (χ4n) is 1.75. The van der Waals surface area contributed by atoms with Crippen molar-refractivity contribution >= 4 is 11.8 Å². The van der Waals surface area contributed by atoms with Gasteiger partial charge >= 0.3 is 6.03 Å². The Balaban J connectivity index is 3.28. The Kier molecular flexibility index (Phi) is 3.42. The van der Waals surface area contributed by atoms with E-state index in [1.807, 2.05) is 20.8 Å². The minimum absolute atomic E-state index is 0.213. The molecule has 6 nitrogen and oxygen atoms in total. The van der Waals surface area contributed by atoms with Crippen LogP contribution in [0.1, 0.15) is 32.0 Å². The number of carbonyl (C=O) groups excluding carboxylic acids is 1. The van der Waals surface area contributed by atoms with Gasteiger partial charge in [0.25, 0.3) is 0 Å². The first-order valence-corrected chi connectivity index (χ1v) is 5.27. The Hall–Kier alpha value is -2.03. The summed E-state index contributed by atoms with van der Waals surface area (Å²) in [6.45, 7) is 5.98. The van der Waals surface area contributed by atoms with Gasteiger partial charge in [0.1, 0.15) is 11.6 Å². The quantitative estimate of drug-likeness (QED) is 0.770. The molecule has 1 heterocycles. The Labute approximate surface area is 101 Å². The van der Waals surface area contributed by atoms with Crippen molar-refractivity contribution < 1.29 is 4.79 Å². The largest absolute Gasteiger partial charge is 0.341 e. The average Bonchev–Trinajstić information content (AvgIpc) is 2.53. The van der Waals surface area contributed by atoms with E-state index in [9.17, 15) is 10.1 Å². The first kappa shape index (κ1) is 13.0. The predicted octanol–water partition coefficient (Wildman–Crippen LogP) is 1.34. The van der Waals surface area contributed by atoms with Gasteiger partial charge in [0, 0.05) is 19.5 Å². The SMILES string of the molecule is CNC(=O)Nc1nn(C)c(C(C)(C)C)c1C#N. The van der Waals surface area contributed by atoms with Gasteiger partial charge in [0.15, 0.2) is 5.82 Å². The van der Waals surface area contributed by atoms with E-state index in [1.54, 1.807) is 11.7 Å². The first-order chi connectivity index (χ1) is 7.81. The summed E-state index contributed by atoms with van der Waals surface area (Å²) in [6.07, 6.45) is 0. The van der Waals surface area contributed by atoms with Crippen LogP contribution < -0.4 is 10.6 Å². The van der Waals surface area contributed by atoms with Crippen molar-refractivity contribution in [3.05, 3.63) is 11.3 Å². The molecule has 0 aromatic carbocycles. The number of rotatable bonds is 1. The van der Waals surface area contributed by atoms with Gasteiger partial charge in [-0.15, -0.1) is 0 Å². The fourth-order valence-corrected chi connectivity index (χ4v) is 1.75. The van der Waals surface area contributed by atoms with Crippen molar-refractivity contribution in [2.24, 2.45) is 7.05 Å². The van der Waals surface area contributed by atoms with E-state index in [0.717, 1.165) is 5.69 Å². The Bertz CT molecular complexity index is 475.